The normalized spacial score (nSPS) is 13.3. The van der Waals surface area contributed by atoms with Gasteiger partial charge in [-0.3, -0.25) is 5.43 Å². The third-order valence-electron chi connectivity index (χ3n) is 2.78. The van der Waals surface area contributed by atoms with Crippen LogP contribution in [0.15, 0.2) is 52.6 Å². The second-order valence-electron chi connectivity index (χ2n) is 3.99. The molecule has 0 unspecified atom stereocenters. The Hall–Kier alpha value is -1.84. The summed E-state index contributed by atoms with van der Waals surface area (Å²) in [6, 6.07) is 13.0. The maximum atomic E-state index is 6.23. The third kappa shape index (κ3) is 2.35. The molecule has 1 aliphatic heterocycles. The Kier molecular flexibility index (Phi) is 3.23. The summed E-state index contributed by atoms with van der Waals surface area (Å²) in [5.74, 6) is 0. The van der Waals surface area contributed by atoms with Gasteiger partial charge in [-0.25, -0.2) is 4.99 Å². The lowest BCUT2D eigenvalue weighted by atomic mass is 10.0. The Labute approximate surface area is 120 Å². The first-order chi connectivity index (χ1) is 9.25. The molecule has 0 amide bonds. The number of hydrogen-bond donors (Lipinski definition) is 1. The summed E-state index contributed by atoms with van der Waals surface area (Å²) in [6.45, 7) is 0. The van der Waals surface area contributed by atoms with Gasteiger partial charge in [0.05, 0.1) is 10.7 Å². The lowest BCUT2D eigenvalue weighted by molar-refractivity contribution is 1.06. The Balaban J connectivity index is 2.22. The number of aliphatic imine (C=N–C) groups is 1. The van der Waals surface area contributed by atoms with Gasteiger partial charge in [0, 0.05) is 16.1 Å². The predicted molar refractivity (Wildman–Crippen MR) is 79.8 cm³/mol. The molecule has 0 fully saturated rings. The molecule has 0 radical (unpaired) electrons. The maximum Gasteiger partial charge on any atom is 0.109 e. The molecule has 1 N–H and O–H groups in total. The number of hydrogen-bond acceptors (Lipinski definition) is 3. The first-order valence-electron chi connectivity index (χ1n) is 5.66. The van der Waals surface area contributed by atoms with Crippen LogP contribution in [0.1, 0.15) is 11.1 Å². The molecule has 2 aromatic rings. The zero-order valence-corrected chi connectivity index (χ0v) is 11.3. The van der Waals surface area contributed by atoms with E-state index < -0.39 is 0 Å². The number of fused-ring (bicyclic) bond motifs is 1. The van der Waals surface area contributed by atoms with Gasteiger partial charge in [0.15, 0.2) is 0 Å². The van der Waals surface area contributed by atoms with E-state index in [1.165, 1.54) is 6.34 Å². The van der Waals surface area contributed by atoms with Gasteiger partial charge in [-0.1, -0.05) is 41.4 Å². The number of nitrogens with zero attached hydrogens (tertiary/aromatic N) is 2. The fourth-order valence-electron chi connectivity index (χ4n) is 1.92. The van der Waals surface area contributed by atoms with Crippen molar-refractivity contribution in [3.8, 4) is 0 Å². The van der Waals surface area contributed by atoms with Crippen LogP contribution in [0.4, 0.5) is 5.69 Å². The molecule has 3 nitrogen and oxygen atoms in total. The van der Waals surface area contributed by atoms with Crippen LogP contribution < -0.4 is 5.43 Å². The zero-order valence-electron chi connectivity index (χ0n) is 9.77. The van der Waals surface area contributed by atoms with E-state index in [2.05, 4.69) is 15.5 Å². The Morgan fingerprint density at radius 2 is 1.79 bits per heavy atom. The molecule has 5 heteroatoms. The summed E-state index contributed by atoms with van der Waals surface area (Å²) < 4.78 is 0. The van der Waals surface area contributed by atoms with E-state index in [9.17, 15) is 0 Å². The minimum Gasteiger partial charge on any atom is -0.267 e. The van der Waals surface area contributed by atoms with Gasteiger partial charge in [-0.15, -0.1) is 0 Å². The van der Waals surface area contributed by atoms with Gasteiger partial charge in [0.2, 0.25) is 0 Å². The highest BCUT2D eigenvalue weighted by atomic mass is 35.5. The molecule has 0 saturated heterocycles. The van der Waals surface area contributed by atoms with Crippen LogP contribution in [0.25, 0.3) is 0 Å². The molecule has 0 bridgehead atoms. The topological polar surface area (TPSA) is 36.8 Å². The first kappa shape index (κ1) is 12.2. The molecule has 0 aliphatic carbocycles. The number of rotatable bonds is 1. The van der Waals surface area contributed by atoms with Crippen LogP contribution in [0, 0.1) is 0 Å². The minimum atomic E-state index is 0.635. The number of benzene rings is 2. The van der Waals surface area contributed by atoms with Crippen molar-refractivity contribution in [2.24, 2.45) is 10.1 Å². The van der Waals surface area contributed by atoms with Crippen LogP contribution in [0.3, 0.4) is 0 Å². The quantitative estimate of drug-likeness (QED) is 0.846. The second kappa shape index (κ2) is 5.03. The molecule has 0 spiro atoms. The smallest absolute Gasteiger partial charge is 0.109 e. The van der Waals surface area contributed by atoms with Crippen molar-refractivity contribution < 1.29 is 0 Å². The van der Waals surface area contributed by atoms with Gasteiger partial charge >= 0.3 is 0 Å². The van der Waals surface area contributed by atoms with Gasteiger partial charge < -0.3 is 0 Å². The van der Waals surface area contributed by atoms with E-state index in [1.54, 1.807) is 6.07 Å². The van der Waals surface area contributed by atoms with Crippen molar-refractivity contribution in [2.75, 3.05) is 0 Å². The Morgan fingerprint density at radius 1 is 0.947 bits per heavy atom. The van der Waals surface area contributed by atoms with Gasteiger partial charge in [0.1, 0.15) is 12.1 Å². The van der Waals surface area contributed by atoms with Crippen LogP contribution in [-0.2, 0) is 0 Å². The summed E-state index contributed by atoms with van der Waals surface area (Å²) >= 11 is 12.3. The van der Waals surface area contributed by atoms with Crippen LogP contribution in [0.5, 0.6) is 0 Å². The molecule has 1 aliphatic rings. The number of halogens is 2. The van der Waals surface area contributed by atoms with Gasteiger partial charge in [0.25, 0.3) is 0 Å². The zero-order chi connectivity index (χ0) is 13.2. The van der Waals surface area contributed by atoms with Crippen molar-refractivity contribution in [2.45, 2.75) is 0 Å². The molecule has 94 valence electrons. The molecule has 0 aromatic heterocycles. The second-order valence-corrected chi connectivity index (χ2v) is 4.83. The van der Waals surface area contributed by atoms with E-state index in [4.69, 9.17) is 23.2 Å². The van der Waals surface area contributed by atoms with Crippen molar-refractivity contribution in [3.63, 3.8) is 0 Å². The molecular weight excluding hydrogens is 281 g/mol. The van der Waals surface area contributed by atoms with E-state index in [0.29, 0.717) is 10.0 Å². The fraction of sp³-hybridized carbons (Fsp3) is 0. The predicted octanol–water partition coefficient (Wildman–Crippen LogP) is 4.01. The largest absolute Gasteiger partial charge is 0.267 e. The standard InChI is InChI=1S/C14H9Cl2N3/c15-9-5-6-13-11(7-9)14(19-18-8-17-13)10-3-1-2-4-12(10)16/h1-8H,(H,17,18). The van der Waals surface area contributed by atoms with Gasteiger partial charge in [-0.2, -0.15) is 5.10 Å². The highest BCUT2D eigenvalue weighted by Gasteiger charge is 2.16. The minimum absolute atomic E-state index is 0.635. The molecule has 19 heavy (non-hydrogen) atoms. The van der Waals surface area contributed by atoms with E-state index >= 15 is 0 Å². The molecular formula is C14H9Cl2N3. The summed E-state index contributed by atoms with van der Waals surface area (Å²) in [7, 11) is 0. The molecule has 0 atom stereocenters. The summed E-state index contributed by atoms with van der Waals surface area (Å²) in [6.07, 6.45) is 1.54. The first-order valence-corrected chi connectivity index (χ1v) is 6.42. The van der Waals surface area contributed by atoms with Gasteiger partial charge in [-0.05, 0) is 24.3 Å². The summed E-state index contributed by atoms with van der Waals surface area (Å²) in [4.78, 5) is 4.28. The molecule has 3 rings (SSSR count). The Morgan fingerprint density at radius 3 is 2.63 bits per heavy atom. The number of nitrogens with one attached hydrogen (secondary N) is 1. The van der Waals surface area contributed by atoms with Crippen molar-refractivity contribution in [1.29, 1.82) is 0 Å². The summed E-state index contributed by atoms with van der Waals surface area (Å²) in [5, 5.41) is 5.58. The van der Waals surface area contributed by atoms with Crippen LogP contribution >= 0.6 is 23.2 Å². The van der Waals surface area contributed by atoms with Crippen molar-refractivity contribution >= 4 is 40.9 Å². The van der Waals surface area contributed by atoms with Crippen LogP contribution in [0.2, 0.25) is 10.0 Å². The lowest BCUT2D eigenvalue weighted by Gasteiger charge is -2.09. The molecule has 2 aromatic carbocycles. The SMILES string of the molecule is Clc1ccc2c(c1)C(c1ccccc1Cl)=NNC=N2. The molecule has 1 heterocycles. The van der Waals surface area contributed by atoms with E-state index in [0.717, 1.165) is 22.5 Å². The van der Waals surface area contributed by atoms with E-state index in [1.807, 2.05) is 36.4 Å². The monoisotopic (exact) mass is 289 g/mol. The summed E-state index contributed by atoms with van der Waals surface area (Å²) in [5.41, 5.74) is 5.99. The fourth-order valence-corrected chi connectivity index (χ4v) is 2.32. The highest BCUT2D eigenvalue weighted by Crippen LogP contribution is 2.29. The number of hydrazone groups is 1. The highest BCUT2D eigenvalue weighted by molar-refractivity contribution is 6.36. The lowest BCUT2D eigenvalue weighted by Crippen LogP contribution is -2.09. The average Bonchev–Trinajstić information content (AvgIpc) is 2.61. The van der Waals surface area contributed by atoms with E-state index in [-0.39, 0.29) is 0 Å². The van der Waals surface area contributed by atoms with Crippen molar-refractivity contribution in [1.82, 2.24) is 5.43 Å². The third-order valence-corrected chi connectivity index (χ3v) is 3.35. The Bertz CT molecular complexity index is 693. The maximum absolute atomic E-state index is 6.23. The molecule has 0 saturated carbocycles. The average molecular weight is 290 g/mol. The van der Waals surface area contributed by atoms with Crippen molar-refractivity contribution in [3.05, 3.63) is 63.6 Å². The van der Waals surface area contributed by atoms with Crippen LogP contribution in [-0.4, -0.2) is 12.1 Å².